The number of anilines is 1. The number of fused-ring (bicyclic) bond motifs is 1. The summed E-state index contributed by atoms with van der Waals surface area (Å²) < 4.78 is 36.7. The van der Waals surface area contributed by atoms with Crippen LogP contribution in [0.2, 0.25) is 0 Å². The molecule has 1 aromatic rings. The molecule has 0 saturated carbocycles. The molecule has 0 aromatic carbocycles. The van der Waals surface area contributed by atoms with Crippen LogP contribution in [0.4, 0.5) is 10.7 Å². The van der Waals surface area contributed by atoms with E-state index in [1.165, 1.54) is 23.1 Å². The first-order chi connectivity index (χ1) is 9.82. The normalized spacial score (nSPS) is 23.6. The van der Waals surface area contributed by atoms with Crippen LogP contribution in [0.3, 0.4) is 0 Å². The maximum Gasteiger partial charge on any atom is 1.00 e. The van der Waals surface area contributed by atoms with Gasteiger partial charge in [-0.25, -0.2) is 9.10 Å². The first-order valence-electron chi connectivity index (χ1n) is 6.21. The van der Waals surface area contributed by atoms with Gasteiger partial charge < -0.3 is 10.7 Å². The van der Waals surface area contributed by atoms with Gasteiger partial charge in [-0.2, -0.15) is 8.42 Å². The first-order valence-corrected chi connectivity index (χ1v) is 7.60. The van der Waals surface area contributed by atoms with Gasteiger partial charge in [0.25, 0.3) is 5.91 Å². The van der Waals surface area contributed by atoms with E-state index in [1.54, 1.807) is 12.1 Å². The van der Waals surface area contributed by atoms with Crippen molar-refractivity contribution in [2.24, 2.45) is 0 Å². The molecule has 0 aliphatic carbocycles. The summed E-state index contributed by atoms with van der Waals surface area (Å²) in [6, 6.07) is 1.22. The molecular weight excluding hydrogens is 325 g/mol. The zero-order valence-electron chi connectivity index (χ0n) is 13.0. The number of hydrogen-bond acceptors (Lipinski definition) is 5. The number of carbonyl (C=O) groups is 2. The summed E-state index contributed by atoms with van der Waals surface area (Å²) >= 11 is 0. The molecule has 2 atom stereocenters. The predicted molar refractivity (Wildman–Crippen MR) is 70.9 cm³/mol. The average Bonchev–Trinajstić information content (AvgIpc) is 3.01. The molecule has 11 heteroatoms. The van der Waals surface area contributed by atoms with E-state index in [2.05, 4.69) is 0 Å². The maximum absolute atomic E-state index is 12.3. The van der Waals surface area contributed by atoms with Crippen molar-refractivity contribution in [3.8, 4) is 0 Å². The molecule has 2 aliphatic heterocycles. The zero-order chi connectivity index (χ0) is 15.4. The fraction of sp³-hybridized carbons (Fsp3) is 0.455. The molecular formula is C11H14N3NaO6S. The number of β-lactam (4-membered cyclic amide) rings is 1. The van der Waals surface area contributed by atoms with Crippen LogP contribution in [0.25, 0.3) is 0 Å². The molecule has 0 radical (unpaired) electrons. The Bertz CT molecular complexity index is 697. The molecule has 1 aromatic heterocycles. The van der Waals surface area contributed by atoms with E-state index in [0.29, 0.717) is 16.6 Å². The Labute approximate surface area is 150 Å². The summed E-state index contributed by atoms with van der Waals surface area (Å²) in [5.74, 6) is -0.469. The van der Waals surface area contributed by atoms with Crippen LogP contribution in [0.15, 0.2) is 22.8 Å². The summed E-state index contributed by atoms with van der Waals surface area (Å²) in [4.78, 5) is 26.7. The monoisotopic (exact) mass is 339 g/mol. The molecule has 22 heavy (non-hydrogen) atoms. The molecule has 0 unspecified atom stereocenters. The predicted octanol–water partition coefficient (Wildman–Crippen LogP) is -2.96. The van der Waals surface area contributed by atoms with Gasteiger partial charge in [-0.1, -0.05) is 0 Å². The first kappa shape index (κ1) is 17.3. The van der Waals surface area contributed by atoms with Crippen LogP contribution in [-0.4, -0.2) is 59.8 Å². The second-order valence-electron chi connectivity index (χ2n) is 4.90. The Hall–Kier alpha value is -1.07. The van der Waals surface area contributed by atoms with Gasteiger partial charge >= 0.3 is 45.9 Å². The number of carbonyl (C=O) groups excluding carboxylic acids is 2. The third-order valence-electron chi connectivity index (χ3n) is 3.76. The van der Waals surface area contributed by atoms with E-state index >= 15 is 0 Å². The Balaban J connectivity index is 0.00000132. The number of rotatable bonds is 2. The molecule has 2 fully saturated rings. The Kier molecular flexibility index (Phi) is 4.60. The molecule has 3 amide bonds. The van der Waals surface area contributed by atoms with Crippen molar-refractivity contribution in [3.63, 3.8) is 0 Å². The summed E-state index contributed by atoms with van der Waals surface area (Å²) in [6.07, 6.45) is 1.72. The zero-order valence-corrected chi connectivity index (χ0v) is 14.9. The van der Waals surface area contributed by atoms with Crippen LogP contribution in [0.5, 0.6) is 0 Å². The maximum atomic E-state index is 12.3. The van der Waals surface area contributed by atoms with Crippen molar-refractivity contribution in [2.75, 3.05) is 18.5 Å². The minimum Gasteiger partial charge on any atom is -1.00 e. The van der Waals surface area contributed by atoms with Crippen molar-refractivity contribution in [1.29, 1.82) is 0 Å². The molecule has 116 valence electrons. The van der Waals surface area contributed by atoms with E-state index < -0.39 is 34.3 Å². The van der Waals surface area contributed by atoms with Crippen molar-refractivity contribution < 1.29 is 58.0 Å². The molecule has 3 heterocycles. The van der Waals surface area contributed by atoms with Crippen molar-refractivity contribution >= 4 is 28.1 Å². The summed E-state index contributed by atoms with van der Waals surface area (Å²) in [5.41, 5.74) is 0. The van der Waals surface area contributed by atoms with Crippen LogP contribution in [0.1, 0.15) is 7.85 Å². The van der Waals surface area contributed by atoms with Crippen molar-refractivity contribution in [2.45, 2.75) is 18.5 Å². The van der Waals surface area contributed by atoms with E-state index in [-0.39, 0.29) is 37.5 Å². The number of furan rings is 1. The summed E-state index contributed by atoms with van der Waals surface area (Å²) in [5, 5.41) is 0. The van der Waals surface area contributed by atoms with Gasteiger partial charge in [0.05, 0.1) is 12.3 Å². The van der Waals surface area contributed by atoms with Crippen LogP contribution in [0, 0.1) is 0 Å². The number of hydrogen-bond donors (Lipinski definition) is 1. The minimum atomic E-state index is -4.57. The Morgan fingerprint density at radius 1 is 1.55 bits per heavy atom. The van der Waals surface area contributed by atoms with Gasteiger partial charge in [0.15, 0.2) is 0 Å². The van der Waals surface area contributed by atoms with Gasteiger partial charge in [0.1, 0.15) is 6.04 Å². The van der Waals surface area contributed by atoms with Crippen molar-refractivity contribution in [1.82, 2.24) is 9.21 Å². The fourth-order valence-corrected chi connectivity index (χ4v) is 3.68. The SMILES string of the molecule is CN(C(=O)N1CC[C@@H]2[C@H]1C(=O)N2S(=O)(=O)O)c1ccco1.[H-].[Na+]. The van der Waals surface area contributed by atoms with Gasteiger partial charge in [0.2, 0.25) is 5.88 Å². The third-order valence-corrected chi connectivity index (χ3v) is 4.70. The fourth-order valence-electron chi connectivity index (χ4n) is 2.78. The third kappa shape index (κ3) is 2.54. The van der Waals surface area contributed by atoms with Crippen molar-refractivity contribution in [3.05, 3.63) is 18.4 Å². The molecule has 9 nitrogen and oxygen atoms in total. The average molecular weight is 339 g/mol. The molecule has 3 rings (SSSR count). The van der Waals surface area contributed by atoms with Gasteiger partial charge in [0, 0.05) is 19.7 Å². The number of likely N-dealkylation sites (tertiary alicyclic amines) is 1. The van der Waals surface area contributed by atoms with Gasteiger partial charge in [-0.05, 0) is 12.5 Å². The quantitative estimate of drug-likeness (QED) is 0.350. The van der Waals surface area contributed by atoms with Gasteiger partial charge in [-0.3, -0.25) is 14.2 Å². The van der Waals surface area contributed by atoms with Gasteiger partial charge in [-0.15, -0.1) is 0 Å². The smallest absolute Gasteiger partial charge is 1.00 e. The van der Waals surface area contributed by atoms with Crippen LogP contribution < -0.4 is 34.5 Å². The molecule has 1 N–H and O–H groups in total. The number of amides is 3. The largest absolute Gasteiger partial charge is 1.00 e. The molecule has 2 aliphatic rings. The second kappa shape index (κ2) is 5.85. The minimum absolute atomic E-state index is 0. The standard InChI is InChI=1S/C11H13N3O6S.Na.H/c1-12(8-3-2-6-20-8)11(16)13-5-4-7-9(13)10(15)14(7)21(17,18)19;;/h2-3,6-7,9H,4-5H2,1H3,(H,17,18,19);;/q;+1;-1/t7-,9+;;/m1../s1. The van der Waals surface area contributed by atoms with E-state index in [4.69, 9.17) is 8.97 Å². The van der Waals surface area contributed by atoms with Crippen LogP contribution >= 0.6 is 0 Å². The Morgan fingerprint density at radius 2 is 2.23 bits per heavy atom. The van der Waals surface area contributed by atoms with E-state index in [1.807, 2.05) is 0 Å². The molecule has 0 bridgehead atoms. The van der Waals surface area contributed by atoms with E-state index in [9.17, 15) is 18.0 Å². The number of nitrogens with zero attached hydrogens (tertiary/aromatic N) is 3. The van der Waals surface area contributed by atoms with Crippen LogP contribution in [-0.2, 0) is 15.1 Å². The Morgan fingerprint density at radius 3 is 2.77 bits per heavy atom. The summed E-state index contributed by atoms with van der Waals surface area (Å²) in [6.45, 7) is 0.233. The van der Waals surface area contributed by atoms with E-state index in [0.717, 1.165) is 0 Å². The summed E-state index contributed by atoms with van der Waals surface area (Å²) in [7, 11) is -3.07. The molecule has 2 saturated heterocycles. The second-order valence-corrected chi connectivity index (χ2v) is 6.19. The topological polar surface area (TPSA) is 111 Å². The number of urea groups is 1. The molecule has 0 spiro atoms.